The van der Waals surface area contributed by atoms with E-state index >= 15 is 0 Å². The van der Waals surface area contributed by atoms with Crippen molar-refractivity contribution in [3.05, 3.63) is 84.4 Å². The highest BCUT2D eigenvalue weighted by Gasteiger charge is 2.01. The first-order chi connectivity index (χ1) is 12.4. The molecule has 5 heteroatoms. The molecule has 122 valence electrons. The van der Waals surface area contributed by atoms with Crippen LogP contribution in [-0.2, 0) is 0 Å². The summed E-state index contributed by atoms with van der Waals surface area (Å²) in [6, 6.07) is 25.5. The third kappa shape index (κ3) is 3.84. The topological polar surface area (TPSA) is 46.5 Å². The van der Waals surface area contributed by atoms with Crippen molar-refractivity contribution in [2.45, 2.75) is 0 Å². The molecule has 1 N–H and O–H groups in total. The molecule has 1 aromatic heterocycles. The number of ether oxygens (including phenoxy) is 1. The predicted octanol–water partition coefficient (Wildman–Crippen LogP) is 5.53. The summed E-state index contributed by atoms with van der Waals surface area (Å²) in [6.45, 7) is 0. The van der Waals surface area contributed by atoms with Gasteiger partial charge in [-0.05, 0) is 42.0 Å². The zero-order chi connectivity index (χ0) is 16.9. The van der Waals surface area contributed by atoms with E-state index < -0.39 is 0 Å². The van der Waals surface area contributed by atoms with Gasteiger partial charge in [0.25, 0.3) is 0 Å². The molecule has 0 spiro atoms. The van der Waals surface area contributed by atoms with Crippen molar-refractivity contribution in [3.63, 3.8) is 0 Å². The highest BCUT2D eigenvalue weighted by atomic mass is 32.1. The maximum atomic E-state index is 5.83. The van der Waals surface area contributed by atoms with Gasteiger partial charge in [-0.2, -0.15) is 5.10 Å². The lowest BCUT2D eigenvalue weighted by atomic mass is 10.2. The number of aromatic nitrogens is 1. The van der Waals surface area contributed by atoms with Crippen molar-refractivity contribution in [2.24, 2.45) is 5.10 Å². The first kappa shape index (κ1) is 15.4. The molecule has 0 fully saturated rings. The summed E-state index contributed by atoms with van der Waals surface area (Å²) in [7, 11) is 0. The number of hydrogen-bond donors (Lipinski definition) is 1. The molecule has 0 amide bonds. The van der Waals surface area contributed by atoms with E-state index in [2.05, 4.69) is 15.5 Å². The number of rotatable bonds is 5. The summed E-state index contributed by atoms with van der Waals surface area (Å²) in [5, 5.41) is 5.04. The Balaban J connectivity index is 1.45. The molecule has 3 aromatic carbocycles. The molecule has 0 bridgehead atoms. The average Bonchev–Trinajstić information content (AvgIpc) is 3.06. The van der Waals surface area contributed by atoms with Gasteiger partial charge in [-0.3, -0.25) is 5.43 Å². The van der Waals surface area contributed by atoms with Gasteiger partial charge in [0.1, 0.15) is 11.5 Å². The second-order valence-electron chi connectivity index (χ2n) is 5.34. The van der Waals surface area contributed by atoms with Crippen molar-refractivity contribution in [3.8, 4) is 11.5 Å². The number of hydrogen-bond acceptors (Lipinski definition) is 5. The average molecular weight is 345 g/mol. The third-order valence-corrected chi connectivity index (χ3v) is 4.45. The van der Waals surface area contributed by atoms with Gasteiger partial charge in [0.05, 0.1) is 16.4 Å². The number of nitrogens with zero attached hydrogens (tertiary/aromatic N) is 2. The molecular weight excluding hydrogens is 330 g/mol. The summed E-state index contributed by atoms with van der Waals surface area (Å²) in [4.78, 5) is 4.49. The molecule has 1 heterocycles. The van der Waals surface area contributed by atoms with Gasteiger partial charge in [0.2, 0.25) is 5.13 Å². The van der Waals surface area contributed by atoms with Crippen LogP contribution in [0.2, 0.25) is 0 Å². The fourth-order valence-electron chi connectivity index (χ4n) is 2.37. The summed E-state index contributed by atoms with van der Waals surface area (Å²) >= 11 is 1.58. The van der Waals surface area contributed by atoms with Crippen molar-refractivity contribution in [1.82, 2.24) is 4.98 Å². The van der Waals surface area contributed by atoms with Crippen LogP contribution in [0.4, 0.5) is 5.13 Å². The van der Waals surface area contributed by atoms with Gasteiger partial charge in [0.15, 0.2) is 0 Å². The minimum atomic E-state index is 0.772. The Hall–Kier alpha value is -3.18. The van der Waals surface area contributed by atoms with E-state index in [1.54, 1.807) is 17.6 Å². The minimum absolute atomic E-state index is 0.772. The Labute approximate surface area is 149 Å². The number of para-hydroxylation sites is 2. The molecule has 0 saturated carbocycles. The first-order valence-electron chi connectivity index (χ1n) is 7.84. The minimum Gasteiger partial charge on any atom is -0.457 e. The van der Waals surface area contributed by atoms with Crippen molar-refractivity contribution >= 4 is 32.9 Å². The SMILES string of the molecule is C(=N\Nc1nc2ccccc2s1)/c1cccc(Oc2ccccc2)c1. The van der Waals surface area contributed by atoms with Crippen LogP contribution in [0, 0.1) is 0 Å². The summed E-state index contributed by atoms with van der Waals surface area (Å²) < 4.78 is 6.97. The van der Waals surface area contributed by atoms with Crippen LogP contribution < -0.4 is 10.2 Å². The van der Waals surface area contributed by atoms with E-state index in [-0.39, 0.29) is 0 Å². The molecule has 0 aliphatic carbocycles. The number of fused-ring (bicyclic) bond motifs is 1. The molecule has 0 saturated heterocycles. The molecule has 4 aromatic rings. The number of thiazole rings is 1. The second kappa shape index (κ2) is 7.15. The summed E-state index contributed by atoms with van der Waals surface area (Å²) in [5.74, 6) is 1.58. The smallest absolute Gasteiger partial charge is 0.204 e. The quantitative estimate of drug-likeness (QED) is 0.382. The van der Waals surface area contributed by atoms with Gasteiger partial charge in [-0.25, -0.2) is 4.98 Å². The lowest BCUT2D eigenvalue weighted by Crippen LogP contribution is -1.90. The Morgan fingerprint density at radius 2 is 1.68 bits per heavy atom. The van der Waals surface area contributed by atoms with Gasteiger partial charge < -0.3 is 4.74 Å². The monoisotopic (exact) mass is 345 g/mol. The maximum absolute atomic E-state index is 5.83. The molecular formula is C20H15N3OS. The number of hydrazone groups is 1. The standard InChI is InChI=1S/C20H15N3OS/c1-2-8-16(9-3-1)24-17-10-6-7-15(13-17)14-21-23-20-22-18-11-4-5-12-19(18)25-20/h1-14H,(H,22,23)/b21-14+. The Morgan fingerprint density at radius 3 is 2.56 bits per heavy atom. The van der Waals surface area contributed by atoms with Crippen LogP contribution in [0.1, 0.15) is 5.56 Å². The lowest BCUT2D eigenvalue weighted by molar-refractivity contribution is 0.482. The van der Waals surface area contributed by atoms with E-state index in [4.69, 9.17) is 4.74 Å². The normalized spacial score (nSPS) is 11.0. The molecule has 4 rings (SSSR count). The van der Waals surface area contributed by atoms with Gasteiger partial charge in [0, 0.05) is 0 Å². The van der Waals surface area contributed by atoms with Crippen molar-refractivity contribution < 1.29 is 4.74 Å². The van der Waals surface area contributed by atoms with E-state index in [9.17, 15) is 0 Å². The molecule has 4 nitrogen and oxygen atoms in total. The van der Waals surface area contributed by atoms with Crippen molar-refractivity contribution in [2.75, 3.05) is 5.43 Å². The zero-order valence-electron chi connectivity index (χ0n) is 13.3. The van der Waals surface area contributed by atoms with Gasteiger partial charge >= 0.3 is 0 Å². The molecule has 0 unspecified atom stereocenters. The van der Waals surface area contributed by atoms with Gasteiger partial charge in [-0.1, -0.05) is 53.8 Å². The van der Waals surface area contributed by atoms with Crippen LogP contribution in [0.5, 0.6) is 11.5 Å². The first-order valence-corrected chi connectivity index (χ1v) is 8.66. The molecule has 0 aliphatic heterocycles. The van der Waals surface area contributed by atoms with Crippen LogP contribution in [0.15, 0.2) is 84.0 Å². The van der Waals surface area contributed by atoms with E-state index in [0.29, 0.717) is 0 Å². The van der Waals surface area contributed by atoms with Crippen LogP contribution in [0.25, 0.3) is 10.2 Å². The van der Waals surface area contributed by atoms with Crippen molar-refractivity contribution in [1.29, 1.82) is 0 Å². The zero-order valence-corrected chi connectivity index (χ0v) is 14.1. The Bertz CT molecular complexity index is 979. The van der Waals surface area contributed by atoms with Gasteiger partial charge in [-0.15, -0.1) is 0 Å². The molecule has 25 heavy (non-hydrogen) atoms. The van der Waals surface area contributed by atoms with E-state index in [1.807, 2.05) is 78.9 Å². The molecule has 0 atom stereocenters. The Kier molecular flexibility index (Phi) is 4.39. The Morgan fingerprint density at radius 1 is 0.880 bits per heavy atom. The summed E-state index contributed by atoms with van der Waals surface area (Å²) in [6.07, 6.45) is 1.75. The molecule has 0 radical (unpaired) electrons. The fourth-order valence-corrected chi connectivity index (χ4v) is 3.18. The predicted molar refractivity (Wildman–Crippen MR) is 104 cm³/mol. The maximum Gasteiger partial charge on any atom is 0.204 e. The lowest BCUT2D eigenvalue weighted by Gasteiger charge is -2.05. The third-order valence-electron chi connectivity index (χ3n) is 3.50. The number of benzene rings is 3. The van der Waals surface area contributed by atoms with E-state index in [0.717, 1.165) is 32.4 Å². The molecule has 0 aliphatic rings. The van der Waals surface area contributed by atoms with Crippen LogP contribution >= 0.6 is 11.3 Å². The number of nitrogens with one attached hydrogen (secondary N) is 1. The highest BCUT2D eigenvalue weighted by molar-refractivity contribution is 7.22. The van der Waals surface area contributed by atoms with Crippen LogP contribution in [-0.4, -0.2) is 11.2 Å². The van der Waals surface area contributed by atoms with Crippen LogP contribution in [0.3, 0.4) is 0 Å². The fraction of sp³-hybridized carbons (Fsp3) is 0. The number of anilines is 1. The largest absolute Gasteiger partial charge is 0.457 e. The highest BCUT2D eigenvalue weighted by Crippen LogP contribution is 2.25. The summed E-state index contributed by atoms with van der Waals surface area (Å²) in [5.41, 5.74) is 4.91. The van der Waals surface area contributed by atoms with E-state index in [1.165, 1.54) is 0 Å². The second-order valence-corrected chi connectivity index (χ2v) is 6.37.